The van der Waals surface area contributed by atoms with Crippen LogP contribution in [0.2, 0.25) is 0 Å². The Morgan fingerprint density at radius 3 is 2.32 bits per heavy atom. The number of hydrogen-bond acceptors (Lipinski definition) is 4. The Morgan fingerprint density at radius 2 is 1.72 bits per heavy atom. The van der Waals surface area contributed by atoms with Crippen molar-refractivity contribution in [2.24, 2.45) is 0 Å². The van der Waals surface area contributed by atoms with Gasteiger partial charge in [0.15, 0.2) is 0 Å². The van der Waals surface area contributed by atoms with Crippen LogP contribution in [0.4, 0.5) is 10.1 Å². The molecule has 2 aromatic rings. The zero-order valence-corrected chi connectivity index (χ0v) is 15.0. The van der Waals surface area contributed by atoms with E-state index in [1.807, 2.05) is 43.3 Å². The Hall–Kier alpha value is -1.96. The minimum Gasteiger partial charge on any atom is -0.378 e. The molecular formula is C18H21FN2O3S. The maximum atomic E-state index is 13.1. The molecule has 0 aromatic heterocycles. The Kier molecular flexibility index (Phi) is 5.08. The molecule has 3 rings (SSSR count). The summed E-state index contributed by atoms with van der Waals surface area (Å²) in [6.45, 7) is 0.841. The number of nitrogens with zero attached hydrogens (tertiary/aromatic N) is 2. The first-order valence-electron chi connectivity index (χ1n) is 8.02. The van der Waals surface area contributed by atoms with E-state index in [0.29, 0.717) is 6.61 Å². The molecule has 0 bridgehead atoms. The van der Waals surface area contributed by atoms with Crippen molar-refractivity contribution >= 4 is 15.7 Å². The first kappa shape index (κ1) is 17.8. The van der Waals surface area contributed by atoms with E-state index >= 15 is 0 Å². The molecule has 1 saturated heterocycles. The lowest BCUT2D eigenvalue weighted by molar-refractivity contribution is -0.00255. The molecule has 1 aliphatic heterocycles. The summed E-state index contributed by atoms with van der Waals surface area (Å²) in [5, 5.41) is 0. The van der Waals surface area contributed by atoms with Gasteiger partial charge in [0.05, 0.1) is 17.6 Å². The Bertz CT molecular complexity index is 820. The van der Waals surface area contributed by atoms with E-state index < -0.39 is 15.8 Å². The molecule has 25 heavy (non-hydrogen) atoms. The molecular weight excluding hydrogens is 343 g/mol. The smallest absolute Gasteiger partial charge is 0.243 e. The van der Waals surface area contributed by atoms with Gasteiger partial charge >= 0.3 is 0 Å². The fourth-order valence-corrected chi connectivity index (χ4v) is 4.21. The van der Waals surface area contributed by atoms with E-state index in [0.717, 1.165) is 23.4 Å². The highest BCUT2D eigenvalue weighted by atomic mass is 32.2. The zero-order valence-electron chi connectivity index (χ0n) is 14.2. The fourth-order valence-electron chi connectivity index (χ4n) is 2.79. The van der Waals surface area contributed by atoms with E-state index in [9.17, 15) is 12.8 Å². The SMILES string of the molecule is CN(C)c1ccc(C2CN(S(=O)(=O)c3ccc(F)cc3)CCO2)cc1. The average Bonchev–Trinajstić information content (AvgIpc) is 2.62. The molecule has 1 aliphatic rings. The molecule has 0 saturated carbocycles. The lowest BCUT2D eigenvalue weighted by Gasteiger charge is -2.32. The summed E-state index contributed by atoms with van der Waals surface area (Å²) in [5.41, 5.74) is 2.00. The van der Waals surface area contributed by atoms with Crippen LogP contribution in [-0.4, -0.2) is 46.5 Å². The maximum absolute atomic E-state index is 13.1. The molecule has 1 unspecified atom stereocenters. The Labute approximate surface area is 147 Å². The van der Waals surface area contributed by atoms with Gasteiger partial charge in [0.2, 0.25) is 10.0 Å². The fraction of sp³-hybridized carbons (Fsp3) is 0.333. The minimum absolute atomic E-state index is 0.0949. The highest BCUT2D eigenvalue weighted by Crippen LogP contribution is 2.27. The van der Waals surface area contributed by atoms with Gasteiger partial charge in [-0.1, -0.05) is 12.1 Å². The van der Waals surface area contributed by atoms with Gasteiger partial charge in [0, 0.05) is 32.9 Å². The van der Waals surface area contributed by atoms with Gasteiger partial charge in [-0.2, -0.15) is 4.31 Å². The number of rotatable bonds is 4. The maximum Gasteiger partial charge on any atom is 0.243 e. The standard InChI is InChI=1S/C18H21FN2O3S/c1-20(2)16-7-3-14(4-8-16)18-13-21(11-12-24-18)25(22,23)17-9-5-15(19)6-10-17/h3-10,18H,11-13H2,1-2H3. The van der Waals surface area contributed by atoms with Gasteiger partial charge in [0.25, 0.3) is 0 Å². The topological polar surface area (TPSA) is 49.9 Å². The quantitative estimate of drug-likeness (QED) is 0.837. The van der Waals surface area contributed by atoms with Crippen LogP contribution in [0.25, 0.3) is 0 Å². The number of morpholine rings is 1. The number of sulfonamides is 1. The van der Waals surface area contributed by atoms with E-state index in [1.165, 1.54) is 16.4 Å². The average molecular weight is 364 g/mol. The van der Waals surface area contributed by atoms with Crippen molar-refractivity contribution in [2.45, 2.75) is 11.0 Å². The number of anilines is 1. The molecule has 1 atom stereocenters. The summed E-state index contributed by atoms with van der Waals surface area (Å²) >= 11 is 0. The Morgan fingerprint density at radius 1 is 1.08 bits per heavy atom. The first-order valence-corrected chi connectivity index (χ1v) is 9.46. The van der Waals surface area contributed by atoms with Crippen molar-refractivity contribution in [3.05, 3.63) is 59.9 Å². The summed E-state index contributed by atoms with van der Waals surface area (Å²) in [6.07, 6.45) is -0.319. The van der Waals surface area contributed by atoms with Crippen LogP contribution < -0.4 is 4.90 Å². The normalized spacial score (nSPS) is 18.9. The van der Waals surface area contributed by atoms with E-state index in [4.69, 9.17) is 4.74 Å². The van der Waals surface area contributed by atoms with Crippen molar-refractivity contribution < 1.29 is 17.5 Å². The van der Waals surface area contributed by atoms with Gasteiger partial charge in [-0.25, -0.2) is 12.8 Å². The lowest BCUT2D eigenvalue weighted by atomic mass is 10.1. The molecule has 1 fully saturated rings. The summed E-state index contributed by atoms with van der Waals surface area (Å²) in [4.78, 5) is 2.09. The number of ether oxygens (including phenoxy) is 1. The zero-order chi connectivity index (χ0) is 18.0. The van der Waals surface area contributed by atoms with Crippen molar-refractivity contribution in [2.75, 3.05) is 38.7 Å². The van der Waals surface area contributed by atoms with Crippen LogP contribution in [-0.2, 0) is 14.8 Å². The van der Waals surface area contributed by atoms with Crippen LogP contribution in [0.15, 0.2) is 53.4 Å². The third-order valence-corrected chi connectivity index (χ3v) is 6.14. The summed E-state index contributed by atoms with van der Waals surface area (Å²) in [7, 11) is 0.260. The largest absolute Gasteiger partial charge is 0.378 e. The van der Waals surface area contributed by atoms with Crippen molar-refractivity contribution in [3.8, 4) is 0 Å². The van der Waals surface area contributed by atoms with Gasteiger partial charge in [0.1, 0.15) is 5.82 Å². The summed E-state index contributed by atoms with van der Waals surface area (Å²) < 4.78 is 45.7. The predicted molar refractivity (Wildman–Crippen MR) is 94.6 cm³/mol. The Balaban J connectivity index is 1.79. The van der Waals surface area contributed by atoms with Crippen LogP contribution in [0, 0.1) is 5.82 Å². The third kappa shape index (κ3) is 3.84. The predicted octanol–water partition coefficient (Wildman–Crippen LogP) is 2.65. The number of hydrogen-bond donors (Lipinski definition) is 0. The molecule has 0 N–H and O–H groups in total. The molecule has 1 heterocycles. The van der Waals surface area contributed by atoms with Gasteiger partial charge < -0.3 is 9.64 Å². The van der Waals surface area contributed by atoms with E-state index in [-0.39, 0.29) is 24.1 Å². The molecule has 7 heteroatoms. The molecule has 0 spiro atoms. The monoisotopic (exact) mass is 364 g/mol. The van der Waals surface area contributed by atoms with Crippen LogP contribution in [0.1, 0.15) is 11.7 Å². The number of benzene rings is 2. The molecule has 0 aliphatic carbocycles. The number of halogens is 1. The second-order valence-corrected chi connectivity index (χ2v) is 8.10. The van der Waals surface area contributed by atoms with Gasteiger partial charge in [-0.3, -0.25) is 0 Å². The van der Waals surface area contributed by atoms with E-state index in [2.05, 4.69) is 0 Å². The van der Waals surface area contributed by atoms with Crippen molar-refractivity contribution in [3.63, 3.8) is 0 Å². The summed E-state index contributed by atoms with van der Waals surface area (Å²) in [6, 6.07) is 12.8. The van der Waals surface area contributed by atoms with Crippen LogP contribution in [0.5, 0.6) is 0 Å². The lowest BCUT2D eigenvalue weighted by Crippen LogP contribution is -2.42. The second-order valence-electron chi connectivity index (χ2n) is 6.16. The first-order chi connectivity index (χ1) is 11.9. The van der Waals surface area contributed by atoms with Gasteiger partial charge in [-0.05, 0) is 42.0 Å². The molecule has 134 valence electrons. The van der Waals surface area contributed by atoms with Crippen molar-refractivity contribution in [1.29, 1.82) is 0 Å². The summed E-state index contributed by atoms with van der Waals surface area (Å²) in [5.74, 6) is -0.459. The molecule has 0 amide bonds. The van der Waals surface area contributed by atoms with Crippen molar-refractivity contribution in [1.82, 2.24) is 4.31 Å². The van der Waals surface area contributed by atoms with Crippen LogP contribution in [0.3, 0.4) is 0 Å². The van der Waals surface area contributed by atoms with Gasteiger partial charge in [-0.15, -0.1) is 0 Å². The third-order valence-electron chi connectivity index (χ3n) is 4.26. The van der Waals surface area contributed by atoms with Crippen LogP contribution >= 0.6 is 0 Å². The minimum atomic E-state index is -3.66. The highest BCUT2D eigenvalue weighted by molar-refractivity contribution is 7.89. The second kappa shape index (κ2) is 7.11. The molecule has 2 aromatic carbocycles. The molecule has 5 nitrogen and oxygen atoms in total. The highest BCUT2D eigenvalue weighted by Gasteiger charge is 2.31. The molecule has 0 radical (unpaired) electrons. The van der Waals surface area contributed by atoms with E-state index in [1.54, 1.807) is 0 Å².